The zero-order valence-electron chi connectivity index (χ0n) is 28.0. The first-order valence-electron chi connectivity index (χ1n) is 14.5. The van der Waals surface area contributed by atoms with Crippen molar-refractivity contribution in [3.05, 3.63) is 53.9 Å². The van der Waals surface area contributed by atoms with Crippen molar-refractivity contribution >= 4 is 29.1 Å². The normalized spacial score (nSPS) is 11.6. The summed E-state index contributed by atoms with van der Waals surface area (Å²) in [4.78, 5) is 17.8. The minimum atomic E-state index is -0.481. The molecule has 0 saturated carbocycles. The Hall–Kier alpha value is -2.31. The van der Waals surface area contributed by atoms with Crippen molar-refractivity contribution in [1.29, 1.82) is 0 Å². The minimum absolute atomic E-state index is 0.00417. The van der Waals surface area contributed by atoms with E-state index in [-0.39, 0.29) is 4.75 Å². The third kappa shape index (κ3) is 14.4. The molecule has 0 saturated heterocycles. The first-order valence-corrected chi connectivity index (χ1v) is 15.4. The summed E-state index contributed by atoms with van der Waals surface area (Å²) in [5.74, 6) is 0.734. The molecule has 2 aromatic heterocycles. The molecular formula is C34H58N2O3S. The van der Waals surface area contributed by atoms with Crippen LogP contribution in [0.15, 0.2) is 53.1 Å². The van der Waals surface area contributed by atoms with E-state index in [1.807, 2.05) is 73.2 Å². The van der Waals surface area contributed by atoms with Crippen LogP contribution in [0.5, 0.6) is 5.75 Å². The van der Waals surface area contributed by atoms with Gasteiger partial charge in [-0.25, -0.2) is 4.98 Å². The third-order valence-corrected chi connectivity index (χ3v) is 6.47. The van der Waals surface area contributed by atoms with E-state index in [4.69, 9.17) is 9.72 Å². The fourth-order valence-electron chi connectivity index (χ4n) is 3.46. The van der Waals surface area contributed by atoms with Crippen LogP contribution in [0, 0.1) is 5.41 Å². The van der Waals surface area contributed by atoms with Gasteiger partial charge in [0.15, 0.2) is 0 Å². The predicted octanol–water partition coefficient (Wildman–Crippen LogP) is 9.88. The van der Waals surface area contributed by atoms with Gasteiger partial charge in [-0.05, 0) is 31.9 Å². The van der Waals surface area contributed by atoms with Gasteiger partial charge in [0.1, 0.15) is 17.7 Å². The second-order valence-electron chi connectivity index (χ2n) is 10.6. The van der Waals surface area contributed by atoms with E-state index in [1.54, 1.807) is 20.4 Å². The Morgan fingerprint density at radius 3 is 2.08 bits per heavy atom. The van der Waals surface area contributed by atoms with Gasteiger partial charge in [-0.1, -0.05) is 99.6 Å². The number of carbonyl (C=O) groups excluding carboxylic acids is 1. The molecule has 0 aliphatic heterocycles. The number of methoxy groups -OCH3 is 2. The molecule has 0 atom stereocenters. The number of carbonyl (C=O) groups is 1. The molecule has 2 aromatic rings. The van der Waals surface area contributed by atoms with E-state index in [2.05, 4.69) is 61.8 Å². The Morgan fingerprint density at radius 2 is 1.65 bits per heavy atom. The predicted molar refractivity (Wildman–Crippen MR) is 178 cm³/mol. The van der Waals surface area contributed by atoms with Gasteiger partial charge in [-0.15, -0.1) is 11.8 Å². The largest absolute Gasteiger partial charge is 0.495 e. The summed E-state index contributed by atoms with van der Waals surface area (Å²) in [6.07, 6.45) is 10.8. The van der Waals surface area contributed by atoms with Gasteiger partial charge in [0.2, 0.25) is 0 Å². The molecule has 0 aliphatic carbocycles. The minimum Gasteiger partial charge on any atom is -0.495 e. The second kappa shape index (κ2) is 20.5. The molecule has 0 spiro atoms. The van der Waals surface area contributed by atoms with E-state index in [1.165, 1.54) is 10.5 Å². The molecule has 0 unspecified atom stereocenters. The van der Waals surface area contributed by atoms with Gasteiger partial charge < -0.3 is 18.8 Å². The van der Waals surface area contributed by atoms with Crippen LogP contribution in [-0.4, -0.2) is 41.4 Å². The summed E-state index contributed by atoms with van der Waals surface area (Å²) in [7, 11) is 3.34. The first kappa shape index (κ1) is 39.8. The SMILES string of the molecule is C=C(C)/C=C\C(=C/CC)Cn1c(CC(C)(C)C=O)c(SC(C)(C)C)c2cc(OC)cnc21.CC.CC.CCOC. The zero-order chi connectivity index (χ0) is 31.5. The molecule has 2 heterocycles. The Bertz CT molecular complexity index is 1070. The average molecular weight is 575 g/mol. The molecule has 0 aliphatic rings. The van der Waals surface area contributed by atoms with Crippen molar-refractivity contribution in [2.75, 3.05) is 20.8 Å². The topological polar surface area (TPSA) is 53.4 Å². The van der Waals surface area contributed by atoms with Crippen LogP contribution in [0.3, 0.4) is 0 Å². The molecule has 40 heavy (non-hydrogen) atoms. The quantitative estimate of drug-likeness (QED) is 0.152. The Morgan fingerprint density at radius 1 is 1.07 bits per heavy atom. The highest BCUT2D eigenvalue weighted by molar-refractivity contribution is 8.00. The lowest BCUT2D eigenvalue weighted by molar-refractivity contribution is -0.114. The van der Waals surface area contributed by atoms with Crippen LogP contribution < -0.4 is 4.74 Å². The highest BCUT2D eigenvalue weighted by atomic mass is 32.2. The summed E-state index contributed by atoms with van der Waals surface area (Å²) in [6.45, 7) is 30.2. The van der Waals surface area contributed by atoms with Gasteiger partial charge in [0.05, 0.1) is 13.3 Å². The van der Waals surface area contributed by atoms with E-state index in [0.29, 0.717) is 13.0 Å². The summed E-state index contributed by atoms with van der Waals surface area (Å²) >= 11 is 1.82. The van der Waals surface area contributed by atoms with Crippen molar-refractivity contribution < 1.29 is 14.3 Å². The lowest BCUT2D eigenvalue weighted by Gasteiger charge is -2.23. The second-order valence-corrected chi connectivity index (χ2v) is 12.4. The van der Waals surface area contributed by atoms with Crippen molar-refractivity contribution in [3.8, 4) is 5.75 Å². The summed E-state index contributed by atoms with van der Waals surface area (Å²) in [5, 5.41) is 1.07. The van der Waals surface area contributed by atoms with Crippen LogP contribution in [-0.2, 0) is 22.5 Å². The van der Waals surface area contributed by atoms with Crippen LogP contribution in [0.25, 0.3) is 11.0 Å². The molecule has 0 amide bonds. The van der Waals surface area contributed by atoms with Gasteiger partial charge in [-0.2, -0.15) is 0 Å². The highest BCUT2D eigenvalue weighted by Crippen LogP contribution is 2.43. The smallest absolute Gasteiger partial charge is 0.141 e. The number of thioether (sulfide) groups is 1. The van der Waals surface area contributed by atoms with Crippen LogP contribution in [0.4, 0.5) is 0 Å². The van der Waals surface area contributed by atoms with E-state index >= 15 is 0 Å². The Kier molecular flexibility index (Phi) is 20.5. The molecule has 2 rings (SSSR count). The van der Waals surface area contributed by atoms with Gasteiger partial charge in [0, 0.05) is 52.8 Å². The fourth-order valence-corrected chi connectivity index (χ4v) is 4.63. The highest BCUT2D eigenvalue weighted by Gasteiger charge is 2.28. The number of allylic oxidation sites excluding steroid dienone is 5. The van der Waals surface area contributed by atoms with Crippen molar-refractivity contribution in [1.82, 2.24) is 9.55 Å². The number of aldehydes is 1. The average Bonchev–Trinajstić information content (AvgIpc) is 3.19. The van der Waals surface area contributed by atoms with Crippen LogP contribution in [0.1, 0.15) is 95.2 Å². The van der Waals surface area contributed by atoms with Crippen molar-refractivity contribution in [2.24, 2.45) is 5.41 Å². The molecule has 0 aromatic carbocycles. The number of rotatable bonds is 11. The summed E-state index contributed by atoms with van der Waals surface area (Å²) < 4.78 is 12.3. The maximum absolute atomic E-state index is 11.9. The molecule has 5 nitrogen and oxygen atoms in total. The third-order valence-electron chi connectivity index (χ3n) is 5.19. The maximum atomic E-state index is 11.9. The number of hydrogen-bond donors (Lipinski definition) is 0. The lowest BCUT2D eigenvalue weighted by atomic mass is 9.89. The maximum Gasteiger partial charge on any atom is 0.141 e. The molecule has 6 heteroatoms. The molecule has 0 N–H and O–H groups in total. The number of aromatic nitrogens is 2. The molecule has 0 fully saturated rings. The van der Waals surface area contributed by atoms with Gasteiger partial charge in [0.25, 0.3) is 0 Å². The van der Waals surface area contributed by atoms with Gasteiger partial charge in [-0.3, -0.25) is 0 Å². The Labute approximate surface area is 250 Å². The first-order chi connectivity index (χ1) is 18.8. The Balaban J connectivity index is 0. The van der Waals surface area contributed by atoms with Gasteiger partial charge >= 0.3 is 0 Å². The standard InChI is InChI=1S/C27H38N2O2S.C3H8O.2C2H6/c1-10-11-20(13-12-19(2)3)17-29-23(15-27(7,8)18-30)24(32-26(4,5)6)22-14-21(31-9)16-28-25(22)29;1-3-4-2;2*1-2/h11-14,16,18H,2,10,15,17H2,1,3-9H3;3H2,1-2H3;2*1-2H3/b13-12-,20-11+;;;. The number of pyridine rings is 1. The molecule has 228 valence electrons. The molecular weight excluding hydrogens is 516 g/mol. The zero-order valence-corrected chi connectivity index (χ0v) is 28.8. The summed E-state index contributed by atoms with van der Waals surface area (Å²) in [5.41, 5.74) is 3.79. The van der Waals surface area contributed by atoms with Crippen molar-refractivity contribution in [2.45, 2.75) is 112 Å². The molecule has 0 radical (unpaired) electrons. The van der Waals surface area contributed by atoms with Crippen LogP contribution >= 0.6 is 11.8 Å². The monoisotopic (exact) mass is 574 g/mol. The van der Waals surface area contributed by atoms with E-state index < -0.39 is 5.41 Å². The fraction of sp³-hybridized carbons (Fsp3) is 0.588. The number of ether oxygens (including phenoxy) is 2. The summed E-state index contributed by atoms with van der Waals surface area (Å²) in [6, 6.07) is 2.07. The van der Waals surface area contributed by atoms with E-state index in [0.717, 1.165) is 47.4 Å². The number of fused-ring (bicyclic) bond motifs is 1. The van der Waals surface area contributed by atoms with E-state index in [9.17, 15) is 4.79 Å². The molecule has 0 bridgehead atoms. The number of nitrogens with zero attached hydrogens (tertiary/aromatic N) is 2. The lowest BCUT2D eigenvalue weighted by Crippen LogP contribution is -2.20. The number of hydrogen-bond acceptors (Lipinski definition) is 5. The van der Waals surface area contributed by atoms with Crippen molar-refractivity contribution in [3.63, 3.8) is 0 Å². The van der Waals surface area contributed by atoms with Crippen LogP contribution in [0.2, 0.25) is 0 Å².